The first-order valence-corrected chi connectivity index (χ1v) is 9.16. The van der Waals surface area contributed by atoms with Gasteiger partial charge in [0.1, 0.15) is 5.69 Å². The monoisotopic (exact) mass is 295 g/mol. The van der Waals surface area contributed by atoms with Crippen LogP contribution in [0.15, 0.2) is 61.1 Å². The van der Waals surface area contributed by atoms with Crippen molar-refractivity contribution in [2.45, 2.75) is 6.54 Å². The summed E-state index contributed by atoms with van der Waals surface area (Å²) in [5, 5.41) is 1.43. The zero-order chi connectivity index (χ0) is 14.7. The molecule has 4 heteroatoms. The number of pyridine rings is 1. The van der Waals surface area contributed by atoms with Crippen molar-refractivity contribution in [3.05, 3.63) is 66.6 Å². The fraction of sp³-hybridized carbons (Fsp3) is 0.176. The van der Waals surface area contributed by atoms with E-state index in [9.17, 15) is 0 Å². The minimum absolute atomic E-state index is 0.0295. The summed E-state index contributed by atoms with van der Waals surface area (Å²) in [6.07, 6.45) is 5.63. The Labute approximate surface area is 126 Å². The van der Waals surface area contributed by atoms with Crippen molar-refractivity contribution in [2.24, 2.45) is 0 Å². The first kappa shape index (κ1) is 14.0. The standard InChI is InChI=1S/C17H18N3P/c1-21(2)15-8-6-14(7-9-15)13-20-12-11-19-17(20)16-5-3-4-10-18-16/h3-12H,13H2,1-2H3. The molecule has 2 heterocycles. The third-order valence-corrected chi connectivity index (χ3v) is 4.75. The highest BCUT2D eigenvalue weighted by molar-refractivity contribution is 7.64. The molecule has 0 aliphatic carbocycles. The lowest BCUT2D eigenvalue weighted by molar-refractivity contribution is 0.804. The summed E-state index contributed by atoms with van der Waals surface area (Å²) in [5.74, 6) is 0.910. The second-order valence-corrected chi connectivity index (χ2v) is 7.46. The Morgan fingerprint density at radius 3 is 2.43 bits per heavy atom. The van der Waals surface area contributed by atoms with Gasteiger partial charge in [0.05, 0.1) is 0 Å². The number of aromatic nitrogens is 3. The van der Waals surface area contributed by atoms with Gasteiger partial charge in [-0.15, -0.1) is 0 Å². The molecule has 0 aliphatic rings. The third kappa shape index (κ3) is 3.20. The molecule has 2 aromatic heterocycles. The van der Waals surface area contributed by atoms with Gasteiger partial charge in [-0.1, -0.05) is 38.3 Å². The van der Waals surface area contributed by atoms with E-state index in [-0.39, 0.29) is 7.92 Å². The van der Waals surface area contributed by atoms with E-state index >= 15 is 0 Å². The molecule has 3 rings (SSSR count). The Bertz CT molecular complexity index is 702. The summed E-state index contributed by atoms with van der Waals surface area (Å²) in [7, 11) is -0.0295. The minimum Gasteiger partial charge on any atom is -0.325 e. The van der Waals surface area contributed by atoms with E-state index in [2.05, 4.69) is 52.1 Å². The van der Waals surface area contributed by atoms with Gasteiger partial charge in [0.2, 0.25) is 0 Å². The average Bonchev–Trinajstić information content (AvgIpc) is 2.97. The molecule has 3 nitrogen and oxygen atoms in total. The normalized spacial score (nSPS) is 11.0. The fourth-order valence-electron chi connectivity index (χ4n) is 2.26. The quantitative estimate of drug-likeness (QED) is 0.691. The van der Waals surface area contributed by atoms with Crippen LogP contribution >= 0.6 is 7.92 Å². The molecular weight excluding hydrogens is 277 g/mol. The van der Waals surface area contributed by atoms with Gasteiger partial charge in [-0.05, 0) is 36.3 Å². The largest absolute Gasteiger partial charge is 0.325 e. The van der Waals surface area contributed by atoms with Crippen LogP contribution in [-0.4, -0.2) is 27.9 Å². The molecule has 0 unspecified atom stereocenters. The lowest BCUT2D eigenvalue weighted by atomic mass is 10.2. The summed E-state index contributed by atoms with van der Waals surface area (Å²) in [6.45, 7) is 5.37. The molecule has 0 fully saturated rings. The number of hydrogen-bond acceptors (Lipinski definition) is 2. The molecule has 0 N–H and O–H groups in total. The van der Waals surface area contributed by atoms with Crippen LogP contribution in [-0.2, 0) is 6.54 Å². The van der Waals surface area contributed by atoms with Crippen LogP contribution in [0.5, 0.6) is 0 Å². The SMILES string of the molecule is CP(C)c1ccc(Cn2ccnc2-c2ccccn2)cc1. The van der Waals surface area contributed by atoms with Crippen LogP contribution in [0.3, 0.4) is 0 Å². The van der Waals surface area contributed by atoms with E-state index in [0.29, 0.717) is 0 Å². The van der Waals surface area contributed by atoms with E-state index < -0.39 is 0 Å². The Morgan fingerprint density at radius 1 is 0.952 bits per heavy atom. The van der Waals surface area contributed by atoms with Crippen LogP contribution in [0, 0.1) is 0 Å². The molecular formula is C17H18N3P. The lowest BCUT2D eigenvalue weighted by Gasteiger charge is -2.10. The van der Waals surface area contributed by atoms with E-state index in [1.807, 2.05) is 30.6 Å². The zero-order valence-corrected chi connectivity index (χ0v) is 13.2. The zero-order valence-electron chi connectivity index (χ0n) is 12.3. The van der Waals surface area contributed by atoms with Crippen LogP contribution in [0.4, 0.5) is 0 Å². The van der Waals surface area contributed by atoms with Gasteiger partial charge in [0.15, 0.2) is 5.82 Å². The highest BCUT2D eigenvalue weighted by Gasteiger charge is 2.07. The molecule has 0 amide bonds. The summed E-state index contributed by atoms with van der Waals surface area (Å²) < 4.78 is 2.14. The molecule has 21 heavy (non-hydrogen) atoms. The maximum absolute atomic E-state index is 4.43. The van der Waals surface area contributed by atoms with Crippen molar-refractivity contribution >= 4 is 13.2 Å². The molecule has 0 atom stereocenters. The van der Waals surface area contributed by atoms with Gasteiger partial charge >= 0.3 is 0 Å². The predicted molar refractivity (Wildman–Crippen MR) is 89.4 cm³/mol. The first-order chi connectivity index (χ1) is 10.2. The summed E-state index contributed by atoms with van der Waals surface area (Å²) in [5.41, 5.74) is 2.19. The number of nitrogens with zero attached hydrogens (tertiary/aromatic N) is 3. The van der Waals surface area contributed by atoms with E-state index in [1.54, 1.807) is 6.20 Å². The van der Waals surface area contributed by atoms with Crippen molar-refractivity contribution in [1.82, 2.24) is 14.5 Å². The minimum atomic E-state index is -0.0295. The molecule has 0 spiro atoms. The highest BCUT2D eigenvalue weighted by Crippen LogP contribution is 2.23. The summed E-state index contributed by atoms with van der Waals surface area (Å²) in [4.78, 5) is 8.81. The van der Waals surface area contributed by atoms with Crippen LogP contribution in [0.2, 0.25) is 0 Å². The topological polar surface area (TPSA) is 30.7 Å². The molecule has 0 radical (unpaired) electrons. The Hall–Kier alpha value is -1.99. The fourth-order valence-corrected chi connectivity index (χ4v) is 3.01. The Morgan fingerprint density at radius 2 is 1.76 bits per heavy atom. The van der Waals surface area contributed by atoms with Gasteiger partial charge in [0.25, 0.3) is 0 Å². The van der Waals surface area contributed by atoms with Crippen molar-refractivity contribution < 1.29 is 0 Å². The van der Waals surface area contributed by atoms with Gasteiger partial charge in [0, 0.05) is 25.1 Å². The molecule has 0 saturated heterocycles. The van der Waals surface area contributed by atoms with Gasteiger partial charge < -0.3 is 4.57 Å². The second kappa shape index (κ2) is 6.19. The number of hydrogen-bond donors (Lipinski definition) is 0. The molecule has 0 aliphatic heterocycles. The van der Waals surface area contributed by atoms with Crippen molar-refractivity contribution in [3.8, 4) is 11.5 Å². The number of imidazole rings is 1. The highest BCUT2D eigenvalue weighted by atomic mass is 31.1. The lowest BCUT2D eigenvalue weighted by Crippen LogP contribution is -2.04. The molecule has 106 valence electrons. The maximum atomic E-state index is 4.43. The second-order valence-electron chi connectivity index (χ2n) is 5.15. The molecule has 0 saturated carbocycles. The van der Waals surface area contributed by atoms with E-state index in [0.717, 1.165) is 18.1 Å². The van der Waals surface area contributed by atoms with Crippen molar-refractivity contribution in [1.29, 1.82) is 0 Å². The van der Waals surface area contributed by atoms with Gasteiger partial charge in [-0.2, -0.15) is 0 Å². The van der Waals surface area contributed by atoms with Crippen molar-refractivity contribution in [3.63, 3.8) is 0 Å². The smallest absolute Gasteiger partial charge is 0.158 e. The molecule has 0 bridgehead atoms. The Kier molecular flexibility index (Phi) is 4.12. The maximum Gasteiger partial charge on any atom is 0.158 e. The summed E-state index contributed by atoms with van der Waals surface area (Å²) in [6, 6.07) is 14.8. The van der Waals surface area contributed by atoms with Gasteiger partial charge in [-0.3, -0.25) is 4.98 Å². The predicted octanol–water partition coefficient (Wildman–Crippen LogP) is 3.36. The van der Waals surface area contributed by atoms with E-state index in [1.165, 1.54) is 10.9 Å². The van der Waals surface area contributed by atoms with Crippen LogP contribution in [0.25, 0.3) is 11.5 Å². The number of rotatable bonds is 4. The van der Waals surface area contributed by atoms with Crippen molar-refractivity contribution in [2.75, 3.05) is 13.3 Å². The number of benzene rings is 1. The first-order valence-electron chi connectivity index (χ1n) is 6.93. The summed E-state index contributed by atoms with van der Waals surface area (Å²) >= 11 is 0. The van der Waals surface area contributed by atoms with E-state index in [4.69, 9.17) is 0 Å². The average molecular weight is 295 g/mol. The molecule has 1 aromatic carbocycles. The molecule has 3 aromatic rings. The third-order valence-electron chi connectivity index (χ3n) is 3.42. The Balaban J connectivity index is 1.84. The van der Waals surface area contributed by atoms with Crippen LogP contribution in [0.1, 0.15) is 5.56 Å². The van der Waals surface area contributed by atoms with Gasteiger partial charge in [-0.25, -0.2) is 4.98 Å². The van der Waals surface area contributed by atoms with Crippen LogP contribution < -0.4 is 5.30 Å².